The average molecular weight is 332 g/mol. The van der Waals surface area contributed by atoms with Crippen molar-refractivity contribution in [1.82, 2.24) is 19.6 Å². The number of carbonyl (C=O) groups is 1. The van der Waals surface area contributed by atoms with Gasteiger partial charge in [0.15, 0.2) is 5.69 Å². The predicted octanol–water partition coefficient (Wildman–Crippen LogP) is 1.07. The Bertz CT molecular complexity index is 723. The molecule has 0 radical (unpaired) electrons. The van der Waals surface area contributed by atoms with Crippen molar-refractivity contribution in [3.8, 4) is 5.69 Å². The smallest absolute Gasteiger partial charge is 0.274 e. The topological polar surface area (TPSA) is 61.6 Å². The first-order valence-corrected chi connectivity index (χ1v) is 8.03. The van der Waals surface area contributed by atoms with Crippen molar-refractivity contribution in [2.24, 2.45) is 0 Å². The second kappa shape index (κ2) is 7.11. The van der Waals surface area contributed by atoms with E-state index in [-0.39, 0.29) is 18.3 Å². The Morgan fingerprint density at radius 1 is 1.25 bits per heavy atom. The Labute approximate surface area is 140 Å². The number of halogens is 1. The summed E-state index contributed by atoms with van der Waals surface area (Å²) in [5.41, 5.74) is 1.74. The summed E-state index contributed by atoms with van der Waals surface area (Å²) in [4.78, 5) is 16.5. The predicted molar refractivity (Wildman–Crippen MR) is 87.7 cm³/mol. The molecule has 0 unspecified atom stereocenters. The summed E-state index contributed by atoms with van der Waals surface area (Å²) in [5, 5.41) is 13.3. The van der Waals surface area contributed by atoms with Gasteiger partial charge in [-0.25, -0.2) is 9.07 Å². The minimum absolute atomic E-state index is 0.114. The van der Waals surface area contributed by atoms with Crippen LogP contribution >= 0.6 is 0 Å². The molecule has 0 spiro atoms. The lowest BCUT2D eigenvalue weighted by atomic mass is 10.2. The lowest BCUT2D eigenvalue weighted by Gasteiger charge is -2.33. The number of benzene rings is 1. The van der Waals surface area contributed by atoms with Crippen molar-refractivity contribution < 1.29 is 14.3 Å². The fraction of sp³-hybridized carbons (Fsp3) is 0.412. The second-order valence-corrected chi connectivity index (χ2v) is 5.92. The molecule has 0 bridgehead atoms. The normalized spacial score (nSPS) is 15.7. The molecule has 0 atom stereocenters. The molecule has 3 rings (SSSR count). The number of rotatable bonds is 4. The van der Waals surface area contributed by atoms with E-state index < -0.39 is 0 Å². The highest BCUT2D eigenvalue weighted by Crippen LogP contribution is 2.15. The quantitative estimate of drug-likeness (QED) is 0.910. The van der Waals surface area contributed by atoms with Crippen molar-refractivity contribution in [2.75, 3.05) is 39.3 Å². The Kier molecular flexibility index (Phi) is 4.92. The summed E-state index contributed by atoms with van der Waals surface area (Å²) in [6.45, 7) is 5.33. The summed E-state index contributed by atoms with van der Waals surface area (Å²) in [5.74, 6) is -0.452. The third kappa shape index (κ3) is 3.47. The summed E-state index contributed by atoms with van der Waals surface area (Å²) in [6, 6.07) is 7.87. The maximum Gasteiger partial charge on any atom is 0.274 e. The van der Waals surface area contributed by atoms with Crippen molar-refractivity contribution in [3.63, 3.8) is 0 Å². The highest BCUT2D eigenvalue weighted by molar-refractivity contribution is 5.92. The van der Waals surface area contributed by atoms with Gasteiger partial charge < -0.3 is 10.0 Å². The SMILES string of the molecule is Cc1cc(C(=O)N2CCN(CCO)CC2)nn1-c1cccc(F)c1. The van der Waals surface area contributed by atoms with Gasteiger partial charge in [-0.05, 0) is 31.2 Å². The van der Waals surface area contributed by atoms with E-state index in [0.29, 0.717) is 31.0 Å². The first-order chi connectivity index (χ1) is 11.6. The Hall–Kier alpha value is -2.25. The van der Waals surface area contributed by atoms with Crippen LogP contribution in [0.15, 0.2) is 30.3 Å². The third-order valence-electron chi connectivity index (χ3n) is 4.24. The molecule has 2 heterocycles. The molecule has 0 saturated carbocycles. The molecule has 0 aliphatic carbocycles. The molecule has 7 heteroatoms. The molecule has 2 aromatic rings. The van der Waals surface area contributed by atoms with Crippen LogP contribution < -0.4 is 0 Å². The molecule has 1 N–H and O–H groups in total. The standard InChI is InChI=1S/C17H21FN4O2/c1-13-11-16(19-22(13)15-4-2-3-14(18)12-15)17(24)21-7-5-20(6-8-21)9-10-23/h2-4,11-12,23H,5-10H2,1H3. The van der Waals surface area contributed by atoms with Crippen LogP contribution in [0.3, 0.4) is 0 Å². The number of amides is 1. The molecule has 1 aromatic heterocycles. The van der Waals surface area contributed by atoms with Gasteiger partial charge >= 0.3 is 0 Å². The van der Waals surface area contributed by atoms with Crippen LogP contribution in [0.4, 0.5) is 4.39 Å². The Morgan fingerprint density at radius 2 is 2.00 bits per heavy atom. The Morgan fingerprint density at radius 3 is 2.67 bits per heavy atom. The molecule has 1 aliphatic heterocycles. The largest absolute Gasteiger partial charge is 0.395 e. The summed E-state index contributed by atoms with van der Waals surface area (Å²) in [6.07, 6.45) is 0. The number of hydrogen-bond donors (Lipinski definition) is 1. The molecule has 1 aliphatic rings. The van der Waals surface area contributed by atoms with Gasteiger partial charge in [-0.2, -0.15) is 5.10 Å². The van der Waals surface area contributed by atoms with E-state index in [9.17, 15) is 9.18 Å². The van der Waals surface area contributed by atoms with Gasteiger partial charge in [0.1, 0.15) is 5.82 Å². The second-order valence-electron chi connectivity index (χ2n) is 5.92. The first kappa shape index (κ1) is 16.6. The number of aliphatic hydroxyl groups is 1. The van der Waals surface area contributed by atoms with Crippen LogP contribution in [0.5, 0.6) is 0 Å². The van der Waals surface area contributed by atoms with Crippen molar-refractivity contribution in [3.05, 3.63) is 47.5 Å². The van der Waals surface area contributed by atoms with Crippen LogP contribution in [-0.4, -0.2) is 69.9 Å². The van der Waals surface area contributed by atoms with Gasteiger partial charge in [-0.3, -0.25) is 9.69 Å². The third-order valence-corrected chi connectivity index (χ3v) is 4.24. The molecule has 128 valence electrons. The lowest BCUT2D eigenvalue weighted by molar-refractivity contribution is 0.0609. The zero-order valence-corrected chi connectivity index (χ0v) is 13.7. The zero-order valence-electron chi connectivity index (χ0n) is 13.7. The average Bonchev–Trinajstić information content (AvgIpc) is 2.97. The molecule has 1 saturated heterocycles. The van der Waals surface area contributed by atoms with Crippen molar-refractivity contribution in [1.29, 1.82) is 0 Å². The van der Waals surface area contributed by atoms with Crippen LogP contribution in [-0.2, 0) is 0 Å². The van der Waals surface area contributed by atoms with E-state index >= 15 is 0 Å². The number of nitrogens with zero attached hydrogens (tertiary/aromatic N) is 4. The number of aliphatic hydroxyl groups excluding tert-OH is 1. The number of aromatic nitrogens is 2. The molecule has 24 heavy (non-hydrogen) atoms. The van der Waals surface area contributed by atoms with Gasteiger partial charge in [0, 0.05) is 38.4 Å². The molecule has 6 nitrogen and oxygen atoms in total. The number of aryl methyl sites for hydroxylation is 1. The fourth-order valence-electron chi connectivity index (χ4n) is 2.93. The van der Waals surface area contributed by atoms with E-state index in [4.69, 9.17) is 5.11 Å². The maximum atomic E-state index is 13.4. The zero-order chi connectivity index (χ0) is 17.1. The number of β-amino-alcohol motifs (C(OH)–C–C–N with tert-alkyl or cyclic N) is 1. The van der Waals surface area contributed by atoms with Crippen molar-refractivity contribution >= 4 is 5.91 Å². The van der Waals surface area contributed by atoms with Gasteiger partial charge in [0.25, 0.3) is 5.91 Å². The van der Waals surface area contributed by atoms with E-state index in [1.165, 1.54) is 12.1 Å². The molecule has 1 aromatic carbocycles. The summed E-state index contributed by atoms with van der Waals surface area (Å²) < 4.78 is 15.0. The fourth-order valence-corrected chi connectivity index (χ4v) is 2.93. The minimum Gasteiger partial charge on any atom is -0.395 e. The highest BCUT2D eigenvalue weighted by atomic mass is 19.1. The van der Waals surface area contributed by atoms with E-state index in [1.807, 2.05) is 6.92 Å². The van der Waals surface area contributed by atoms with Crippen LogP contribution in [0, 0.1) is 12.7 Å². The van der Waals surface area contributed by atoms with Gasteiger partial charge in [0.05, 0.1) is 12.3 Å². The monoisotopic (exact) mass is 332 g/mol. The molecule has 1 fully saturated rings. The molecule has 1 amide bonds. The number of piperazine rings is 1. The minimum atomic E-state index is -0.338. The maximum absolute atomic E-state index is 13.4. The van der Waals surface area contributed by atoms with E-state index in [0.717, 1.165) is 18.8 Å². The highest BCUT2D eigenvalue weighted by Gasteiger charge is 2.24. The van der Waals surface area contributed by atoms with Crippen LogP contribution in [0.2, 0.25) is 0 Å². The van der Waals surface area contributed by atoms with Crippen LogP contribution in [0.1, 0.15) is 16.2 Å². The Balaban J connectivity index is 1.74. The van der Waals surface area contributed by atoms with Gasteiger partial charge in [-0.15, -0.1) is 0 Å². The lowest BCUT2D eigenvalue weighted by Crippen LogP contribution is -2.49. The van der Waals surface area contributed by atoms with Crippen molar-refractivity contribution in [2.45, 2.75) is 6.92 Å². The van der Waals surface area contributed by atoms with E-state index in [2.05, 4.69) is 10.00 Å². The molecular formula is C17H21FN4O2. The van der Waals surface area contributed by atoms with Gasteiger partial charge in [-0.1, -0.05) is 6.07 Å². The molecular weight excluding hydrogens is 311 g/mol. The van der Waals surface area contributed by atoms with Crippen LogP contribution in [0.25, 0.3) is 5.69 Å². The number of hydrogen-bond acceptors (Lipinski definition) is 4. The first-order valence-electron chi connectivity index (χ1n) is 8.03. The number of carbonyl (C=O) groups excluding carboxylic acids is 1. The summed E-state index contributed by atoms with van der Waals surface area (Å²) in [7, 11) is 0. The van der Waals surface area contributed by atoms with Gasteiger partial charge in [0.2, 0.25) is 0 Å². The summed E-state index contributed by atoms with van der Waals surface area (Å²) >= 11 is 0. The van der Waals surface area contributed by atoms with E-state index in [1.54, 1.807) is 27.8 Å².